The molecular formula is C18H26N2O6. The number of hydrogen-bond acceptors (Lipinski definition) is 7. The fourth-order valence-corrected chi connectivity index (χ4v) is 4.29. The van der Waals surface area contributed by atoms with Crippen LogP contribution in [0.5, 0.6) is 0 Å². The number of fused-ring (bicyclic) bond motifs is 1. The van der Waals surface area contributed by atoms with E-state index in [1.807, 2.05) is 12.2 Å². The van der Waals surface area contributed by atoms with Crippen molar-refractivity contribution in [2.45, 2.75) is 68.7 Å². The number of aliphatic hydroxyl groups excluding tert-OH is 1. The van der Waals surface area contributed by atoms with Gasteiger partial charge < -0.3 is 25.6 Å². The fourth-order valence-electron chi connectivity index (χ4n) is 4.29. The maximum absolute atomic E-state index is 12.7. The van der Waals surface area contributed by atoms with Gasteiger partial charge in [-0.25, -0.2) is 4.79 Å². The van der Waals surface area contributed by atoms with Crippen LogP contribution in [-0.4, -0.2) is 52.3 Å². The number of allylic oxidation sites excluding steroid dienone is 1. The monoisotopic (exact) mass is 366 g/mol. The molecule has 0 aromatic carbocycles. The van der Waals surface area contributed by atoms with E-state index in [0.29, 0.717) is 6.42 Å². The van der Waals surface area contributed by atoms with Crippen LogP contribution in [0.4, 0.5) is 0 Å². The van der Waals surface area contributed by atoms with Gasteiger partial charge in [0.1, 0.15) is 5.54 Å². The molecule has 0 radical (unpaired) electrons. The summed E-state index contributed by atoms with van der Waals surface area (Å²) in [5.41, 5.74) is 1.76. The van der Waals surface area contributed by atoms with Crippen molar-refractivity contribution in [3.8, 4) is 0 Å². The molecule has 0 aromatic heterocycles. The summed E-state index contributed by atoms with van der Waals surface area (Å²) in [7, 11) is 0. The Morgan fingerprint density at radius 2 is 2.27 bits per heavy atom. The predicted octanol–water partition coefficient (Wildman–Crippen LogP) is -0.0715. The minimum atomic E-state index is -1.59. The molecule has 1 aliphatic carbocycles. The van der Waals surface area contributed by atoms with Crippen molar-refractivity contribution in [2.75, 3.05) is 6.61 Å². The number of carbonyl (C=O) groups is 3. The highest BCUT2D eigenvalue weighted by Gasteiger charge is 2.84. The Kier molecular flexibility index (Phi) is 4.60. The number of amides is 1. The minimum Gasteiger partial charge on any atom is -0.466 e. The number of esters is 2. The first-order chi connectivity index (χ1) is 12.2. The molecule has 0 aromatic rings. The second kappa shape index (κ2) is 6.35. The summed E-state index contributed by atoms with van der Waals surface area (Å²) in [6, 6.07) is 0. The Labute approximate surface area is 152 Å². The van der Waals surface area contributed by atoms with E-state index in [4.69, 9.17) is 15.2 Å². The lowest BCUT2D eigenvalue weighted by Crippen LogP contribution is -2.84. The zero-order valence-electron chi connectivity index (χ0n) is 15.1. The first kappa shape index (κ1) is 18.8. The number of carbonyl (C=O) groups excluding carboxylic acids is 3. The van der Waals surface area contributed by atoms with Crippen molar-refractivity contribution in [2.24, 2.45) is 11.7 Å². The molecule has 2 heterocycles. The molecule has 3 aliphatic rings. The van der Waals surface area contributed by atoms with E-state index in [0.717, 1.165) is 12.8 Å². The average molecular weight is 366 g/mol. The van der Waals surface area contributed by atoms with Gasteiger partial charge >= 0.3 is 11.9 Å². The van der Waals surface area contributed by atoms with Gasteiger partial charge in [-0.2, -0.15) is 0 Å². The van der Waals surface area contributed by atoms with Crippen LogP contribution in [0, 0.1) is 5.92 Å². The zero-order chi connectivity index (χ0) is 19.2. The maximum Gasteiger partial charge on any atom is 0.339 e. The molecular weight excluding hydrogens is 340 g/mol. The number of hydrogen-bond donors (Lipinski definition) is 3. The number of rotatable bonds is 6. The van der Waals surface area contributed by atoms with Gasteiger partial charge in [0.2, 0.25) is 11.4 Å². The van der Waals surface area contributed by atoms with Gasteiger partial charge in [-0.3, -0.25) is 9.59 Å². The zero-order valence-corrected chi connectivity index (χ0v) is 15.1. The van der Waals surface area contributed by atoms with Gasteiger partial charge in [0, 0.05) is 18.8 Å². The topological polar surface area (TPSA) is 128 Å². The van der Waals surface area contributed by atoms with Crippen molar-refractivity contribution in [3.63, 3.8) is 0 Å². The Balaban J connectivity index is 1.86. The molecule has 2 saturated heterocycles. The molecule has 0 bridgehead atoms. The third kappa shape index (κ3) is 2.31. The second-order valence-electron chi connectivity index (χ2n) is 7.45. The number of nitrogens with two attached hydrogens (primary N) is 1. The smallest absolute Gasteiger partial charge is 0.339 e. The highest BCUT2D eigenvalue weighted by Crippen LogP contribution is 2.54. The van der Waals surface area contributed by atoms with Crippen LogP contribution in [0.1, 0.15) is 46.0 Å². The molecule has 5 atom stereocenters. The van der Waals surface area contributed by atoms with E-state index in [1.165, 1.54) is 0 Å². The number of nitrogens with one attached hydrogen (secondary N) is 1. The molecule has 8 nitrogen and oxygen atoms in total. The van der Waals surface area contributed by atoms with Crippen LogP contribution >= 0.6 is 0 Å². The van der Waals surface area contributed by atoms with Crippen LogP contribution in [0.2, 0.25) is 0 Å². The summed E-state index contributed by atoms with van der Waals surface area (Å²) in [5, 5.41) is 13.6. The Hall–Kier alpha value is -1.93. The van der Waals surface area contributed by atoms with E-state index in [9.17, 15) is 19.5 Å². The van der Waals surface area contributed by atoms with E-state index in [-0.39, 0.29) is 25.4 Å². The molecule has 2 fully saturated rings. The molecule has 4 N–H and O–H groups in total. The maximum atomic E-state index is 12.7. The first-order valence-corrected chi connectivity index (χ1v) is 9.08. The van der Waals surface area contributed by atoms with Crippen LogP contribution in [0.25, 0.3) is 0 Å². The van der Waals surface area contributed by atoms with E-state index in [2.05, 4.69) is 5.32 Å². The summed E-state index contributed by atoms with van der Waals surface area (Å²) in [6.07, 6.45) is 5.44. The normalized spacial score (nSPS) is 39.5. The molecule has 0 unspecified atom stereocenters. The van der Waals surface area contributed by atoms with Crippen molar-refractivity contribution < 1.29 is 29.0 Å². The lowest BCUT2D eigenvalue weighted by molar-refractivity contribution is -0.241. The summed E-state index contributed by atoms with van der Waals surface area (Å²) in [5.74, 6) is -1.94. The lowest BCUT2D eigenvalue weighted by Gasteiger charge is -2.56. The average Bonchev–Trinajstić information content (AvgIpc) is 2.77. The molecule has 8 heteroatoms. The van der Waals surface area contributed by atoms with Gasteiger partial charge in [0.25, 0.3) is 0 Å². The van der Waals surface area contributed by atoms with Crippen LogP contribution in [0.3, 0.4) is 0 Å². The van der Waals surface area contributed by atoms with Gasteiger partial charge in [0.05, 0.1) is 12.7 Å². The largest absolute Gasteiger partial charge is 0.466 e. The van der Waals surface area contributed by atoms with Gasteiger partial charge in [-0.1, -0.05) is 19.1 Å². The second-order valence-corrected chi connectivity index (χ2v) is 7.45. The third-order valence-electron chi connectivity index (χ3n) is 6.13. The standard InChI is InChI=1S/C18H26N2O6/c1-3-12(21)25-10-9-17(19)14(23)20-18(15(24)26-16(17,18)2)13(22)11-7-5-4-6-8-11/h5,7,11,13,22H,3-4,6,8-10,19H2,1-2H3,(H,20,23)/t11-,13+,16+,17-,18+/m1/s1. The molecule has 0 saturated carbocycles. The minimum absolute atomic E-state index is 0.0106. The Bertz CT molecular complexity index is 664. The number of ether oxygens (including phenoxy) is 2. The van der Waals surface area contributed by atoms with Gasteiger partial charge in [-0.15, -0.1) is 0 Å². The van der Waals surface area contributed by atoms with Gasteiger partial charge in [-0.05, 0) is 26.2 Å². The lowest BCUT2D eigenvalue weighted by atomic mass is 9.62. The molecule has 26 heavy (non-hydrogen) atoms. The molecule has 3 rings (SSSR count). The van der Waals surface area contributed by atoms with E-state index >= 15 is 0 Å². The van der Waals surface area contributed by atoms with Crippen LogP contribution in [0.15, 0.2) is 12.2 Å². The highest BCUT2D eigenvalue weighted by molar-refractivity contribution is 6.06. The molecule has 144 valence electrons. The van der Waals surface area contributed by atoms with Crippen molar-refractivity contribution in [3.05, 3.63) is 12.2 Å². The van der Waals surface area contributed by atoms with Gasteiger partial charge in [0.15, 0.2) is 5.60 Å². The predicted molar refractivity (Wildman–Crippen MR) is 90.6 cm³/mol. The third-order valence-corrected chi connectivity index (χ3v) is 6.13. The van der Waals surface area contributed by atoms with Crippen molar-refractivity contribution >= 4 is 17.8 Å². The van der Waals surface area contributed by atoms with E-state index in [1.54, 1.807) is 13.8 Å². The molecule has 0 spiro atoms. The highest BCUT2D eigenvalue weighted by atomic mass is 16.6. The van der Waals surface area contributed by atoms with Crippen molar-refractivity contribution in [1.29, 1.82) is 0 Å². The summed E-state index contributed by atoms with van der Waals surface area (Å²) in [6.45, 7) is 3.15. The SMILES string of the molecule is CCC(=O)OCC[C@@]1(N)C(=O)N[C@@]2([C@@H](O)[C@@H]3C=CCCC3)C(=O)O[C@@]12C. The molecule has 1 amide bonds. The van der Waals surface area contributed by atoms with Crippen LogP contribution in [-0.2, 0) is 23.9 Å². The fraction of sp³-hybridized carbons (Fsp3) is 0.722. The summed E-state index contributed by atoms with van der Waals surface area (Å²) in [4.78, 5) is 36.5. The Morgan fingerprint density at radius 3 is 2.85 bits per heavy atom. The van der Waals surface area contributed by atoms with Crippen molar-refractivity contribution in [1.82, 2.24) is 5.32 Å². The first-order valence-electron chi connectivity index (χ1n) is 9.08. The van der Waals surface area contributed by atoms with Crippen LogP contribution < -0.4 is 11.1 Å². The summed E-state index contributed by atoms with van der Waals surface area (Å²) >= 11 is 0. The summed E-state index contributed by atoms with van der Waals surface area (Å²) < 4.78 is 10.4. The number of aliphatic hydroxyl groups is 1. The molecule has 2 aliphatic heterocycles. The quantitative estimate of drug-likeness (QED) is 0.443. The van der Waals surface area contributed by atoms with E-state index < -0.39 is 40.6 Å². The Morgan fingerprint density at radius 1 is 1.54 bits per heavy atom.